The van der Waals surface area contributed by atoms with Crippen molar-refractivity contribution in [2.24, 2.45) is 0 Å². The first kappa shape index (κ1) is 13.8. The van der Waals surface area contributed by atoms with Gasteiger partial charge in [0.1, 0.15) is 0 Å². The minimum Gasteiger partial charge on any atom is -0.504 e. The van der Waals surface area contributed by atoms with Crippen LogP contribution in [0.1, 0.15) is 12.0 Å². The van der Waals surface area contributed by atoms with Gasteiger partial charge in [-0.1, -0.05) is 24.3 Å². The predicted molar refractivity (Wildman–Crippen MR) is 75.7 cm³/mol. The number of aromatic hydroxyl groups is 2. The fourth-order valence-corrected chi connectivity index (χ4v) is 1.98. The molecule has 2 aromatic rings. The Morgan fingerprint density at radius 3 is 2.40 bits per heavy atom. The van der Waals surface area contributed by atoms with E-state index < -0.39 is 0 Å². The Labute approximate surface area is 117 Å². The SMILES string of the molecule is COc1cc(-c2ccc(CCC#N)cc2)cc(O)c1O. The van der Waals surface area contributed by atoms with E-state index in [1.54, 1.807) is 6.07 Å². The zero-order valence-corrected chi connectivity index (χ0v) is 11.1. The fraction of sp³-hybridized carbons (Fsp3) is 0.188. The third kappa shape index (κ3) is 2.83. The zero-order chi connectivity index (χ0) is 14.5. The average Bonchev–Trinajstić information content (AvgIpc) is 2.48. The van der Waals surface area contributed by atoms with Crippen LogP contribution in [0.25, 0.3) is 11.1 Å². The summed E-state index contributed by atoms with van der Waals surface area (Å²) in [5.41, 5.74) is 2.74. The van der Waals surface area contributed by atoms with Gasteiger partial charge in [-0.05, 0) is 35.2 Å². The second-order valence-corrected chi connectivity index (χ2v) is 4.40. The molecule has 0 radical (unpaired) electrons. The maximum absolute atomic E-state index is 9.68. The van der Waals surface area contributed by atoms with Crippen molar-refractivity contribution in [2.75, 3.05) is 7.11 Å². The van der Waals surface area contributed by atoms with Crippen LogP contribution in [0.5, 0.6) is 17.2 Å². The van der Waals surface area contributed by atoms with Gasteiger partial charge in [-0.3, -0.25) is 0 Å². The van der Waals surface area contributed by atoms with E-state index in [0.29, 0.717) is 6.42 Å². The van der Waals surface area contributed by atoms with E-state index in [1.165, 1.54) is 13.2 Å². The number of nitriles is 1. The van der Waals surface area contributed by atoms with Crippen molar-refractivity contribution in [2.45, 2.75) is 12.8 Å². The number of benzene rings is 2. The van der Waals surface area contributed by atoms with Crippen molar-refractivity contribution >= 4 is 0 Å². The molecule has 4 nitrogen and oxygen atoms in total. The van der Waals surface area contributed by atoms with Crippen molar-refractivity contribution in [3.05, 3.63) is 42.0 Å². The summed E-state index contributed by atoms with van der Waals surface area (Å²) in [5.74, 6) is -0.247. The number of aryl methyl sites for hydroxylation is 1. The highest BCUT2D eigenvalue weighted by molar-refractivity contribution is 5.70. The van der Waals surface area contributed by atoms with Gasteiger partial charge in [0.05, 0.1) is 13.2 Å². The van der Waals surface area contributed by atoms with Crippen LogP contribution >= 0.6 is 0 Å². The first-order valence-electron chi connectivity index (χ1n) is 6.22. The molecule has 2 aromatic carbocycles. The van der Waals surface area contributed by atoms with Gasteiger partial charge in [0.25, 0.3) is 0 Å². The highest BCUT2D eigenvalue weighted by Crippen LogP contribution is 2.39. The predicted octanol–water partition coefficient (Wildman–Crippen LogP) is 3.23. The highest BCUT2D eigenvalue weighted by Gasteiger charge is 2.10. The molecular weight excluding hydrogens is 254 g/mol. The van der Waals surface area contributed by atoms with Crippen molar-refractivity contribution in [1.29, 1.82) is 5.26 Å². The van der Waals surface area contributed by atoms with E-state index in [0.717, 1.165) is 23.1 Å². The summed E-state index contributed by atoms with van der Waals surface area (Å²) in [6.45, 7) is 0. The third-order valence-corrected chi connectivity index (χ3v) is 3.09. The Morgan fingerprint density at radius 2 is 1.80 bits per heavy atom. The van der Waals surface area contributed by atoms with E-state index in [2.05, 4.69) is 6.07 Å². The molecule has 102 valence electrons. The van der Waals surface area contributed by atoms with Crippen LogP contribution in [0.2, 0.25) is 0 Å². The molecule has 2 N–H and O–H groups in total. The van der Waals surface area contributed by atoms with Crippen LogP contribution in [0, 0.1) is 11.3 Å². The molecule has 20 heavy (non-hydrogen) atoms. The fourth-order valence-electron chi connectivity index (χ4n) is 1.98. The van der Waals surface area contributed by atoms with Gasteiger partial charge >= 0.3 is 0 Å². The molecule has 0 amide bonds. The number of phenolic OH excluding ortho intramolecular Hbond substituents is 2. The molecule has 0 fully saturated rings. The van der Waals surface area contributed by atoms with E-state index >= 15 is 0 Å². The smallest absolute Gasteiger partial charge is 0.200 e. The van der Waals surface area contributed by atoms with Gasteiger partial charge in [0.2, 0.25) is 5.75 Å². The maximum atomic E-state index is 9.68. The molecule has 0 spiro atoms. The number of rotatable bonds is 4. The molecule has 0 aliphatic heterocycles. The molecule has 0 bridgehead atoms. The molecule has 0 aliphatic rings. The Kier molecular flexibility index (Phi) is 4.11. The molecule has 0 aromatic heterocycles. The lowest BCUT2D eigenvalue weighted by molar-refractivity contribution is 0.351. The largest absolute Gasteiger partial charge is 0.504 e. The number of hydrogen-bond acceptors (Lipinski definition) is 4. The summed E-state index contributed by atoms with van der Waals surface area (Å²) >= 11 is 0. The number of hydrogen-bond donors (Lipinski definition) is 2. The lowest BCUT2D eigenvalue weighted by Gasteiger charge is -2.09. The quantitative estimate of drug-likeness (QED) is 0.836. The maximum Gasteiger partial charge on any atom is 0.200 e. The van der Waals surface area contributed by atoms with Crippen LogP contribution in [-0.2, 0) is 6.42 Å². The highest BCUT2D eigenvalue weighted by atomic mass is 16.5. The summed E-state index contributed by atoms with van der Waals surface area (Å²) in [6.07, 6.45) is 1.22. The molecule has 0 atom stereocenters. The monoisotopic (exact) mass is 269 g/mol. The van der Waals surface area contributed by atoms with Gasteiger partial charge in [-0.15, -0.1) is 0 Å². The second kappa shape index (κ2) is 5.98. The number of methoxy groups -OCH3 is 1. The van der Waals surface area contributed by atoms with Gasteiger partial charge in [-0.25, -0.2) is 0 Å². The Morgan fingerprint density at radius 1 is 1.10 bits per heavy atom. The first-order chi connectivity index (χ1) is 9.65. The van der Waals surface area contributed by atoms with Crippen LogP contribution in [0.4, 0.5) is 0 Å². The van der Waals surface area contributed by atoms with Crippen molar-refractivity contribution < 1.29 is 14.9 Å². The Hall–Kier alpha value is -2.67. The molecule has 0 heterocycles. The topological polar surface area (TPSA) is 73.5 Å². The average molecular weight is 269 g/mol. The zero-order valence-electron chi connectivity index (χ0n) is 11.1. The van der Waals surface area contributed by atoms with Crippen LogP contribution in [0.3, 0.4) is 0 Å². The summed E-state index contributed by atoms with van der Waals surface area (Å²) in [4.78, 5) is 0. The van der Waals surface area contributed by atoms with Crippen molar-refractivity contribution in [3.8, 4) is 34.4 Å². The van der Waals surface area contributed by atoms with Crippen molar-refractivity contribution in [3.63, 3.8) is 0 Å². The van der Waals surface area contributed by atoms with E-state index in [1.807, 2.05) is 24.3 Å². The summed E-state index contributed by atoms with van der Waals surface area (Å²) < 4.78 is 5.02. The molecule has 0 saturated heterocycles. The first-order valence-corrected chi connectivity index (χ1v) is 6.22. The van der Waals surface area contributed by atoms with E-state index in [-0.39, 0.29) is 17.2 Å². The number of nitrogens with zero attached hydrogens (tertiary/aromatic N) is 1. The lowest BCUT2D eigenvalue weighted by atomic mass is 10.0. The third-order valence-electron chi connectivity index (χ3n) is 3.09. The Bertz CT molecular complexity index is 642. The van der Waals surface area contributed by atoms with Gasteiger partial charge in [0.15, 0.2) is 11.5 Å². The van der Waals surface area contributed by atoms with E-state index in [4.69, 9.17) is 10.00 Å². The molecule has 0 saturated carbocycles. The molecule has 0 unspecified atom stereocenters. The van der Waals surface area contributed by atoms with E-state index in [9.17, 15) is 10.2 Å². The van der Waals surface area contributed by atoms with Gasteiger partial charge in [0, 0.05) is 6.42 Å². The molecule has 0 aliphatic carbocycles. The molecule has 2 rings (SSSR count). The van der Waals surface area contributed by atoms with Crippen LogP contribution < -0.4 is 4.74 Å². The minimum atomic E-state index is -0.262. The van der Waals surface area contributed by atoms with Gasteiger partial charge < -0.3 is 14.9 Å². The standard InChI is InChI=1S/C16H15NO3/c1-20-15-10-13(9-14(18)16(15)19)12-6-4-11(5-7-12)3-2-8-17/h4-7,9-10,18-19H,2-3H2,1H3. The minimum absolute atomic E-state index is 0.215. The van der Waals surface area contributed by atoms with Crippen LogP contribution in [0.15, 0.2) is 36.4 Å². The number of ether oxygens (including phenoxy) is 1. The van der Waals surface area contributed by atoms with Crippen molar-refractivity contribution in [1.82, 2.24) is 0 Å². The summed E-state index contributed by atoms with van der Waals surface area (Å²) in [5, 5.41) is 27.8. The Balaban J connectivity index is 2.32. The van der Waals surface area contributed by atoms with Gasteiger partial charge in [-0.2, -0.15) is 5.26 Å². The number of phenols is 2. The second-order valence-electron chi connectivity index (χ2n) is 4.40. The summed E-state index contributed by atoms with van der Waals surface area (Å²) in [6, 6.07) is 13.0. The molecular formula is C16H15NO3. The summed E-state index contributed by atoms with van der Waals surface area (Å²) in [7, 11) is 1.43. The lowest BCUT2D eigenvalue weighted by Crippen LogP contribution is -1.87. The molecule has 4 heteroatoms. The van der Waals surface area contributed by atoms with Crippen LogP contribution in [-0.4, -0.2) is 17.3 Å². The normalized spacial score (nSPS) is 10.0.